The number of hydrogen-bond acceptors (Lipinski definition) is 12. The molecule has 0 radical (unpaired) electrons. The van der Waals surface area contributed by atoms with Gasteiger partial charge in [-0.25, -0.2) is 4.57 Å². The SMILES string of the molecule is CCCCCCCC/C=C\CCCCCCCC(=O)OC[C@H](COP(=O)(O)OC1C(O)C(O)C(O)[C@@H](O)C1O)OC(=O)CCCCCCCCCCCCCCCCCCC. The number of carbonyl (C=O) groups is 2. The highest BCUT2D eigenvalue weighted by molar-refractivity contribution is 7.47. The molecule has 1 rings (SSSR count). The number of ether oxygens (including phenoxy) is 2. The van der Waals surface area contributed by atoms with Crippen LogP contribution in [0.4, 0.5) is 0 Å². The molecule has 1 saturated carbocycles. The van der Waals surface area contributed by atoms with Gasteiger partial charge in [-0.15, -0.1) is 0 Å². The Labute approximate surface area is 369 Å². The van der Waals surface area contributed by atoms with Crippen LogP contribution in [0, 0.1) is 0 Å². The zero-order valence-electron chi connectivity index (χ0n) is 38.2. The summed E-state index contributed by atoms with van der Waals surface area (Å²) in [5, 5.41) is 50.2. The fourth-order valence-electron chi connectivity index (χ4n) is 7.64. The number of carbonyl (C=O) groups excluding carboxylic acids is 2. The topological polar surface area (TPSA) is 210 Å². The van der Waals surface area contributed by atoms with Crippen LogP contribution < -0.4 is 0 Å². The van der Waals surface area contributed by atoms with Gasteiger partial charge in [-0.05, 0) is 38.5 Å². The van der Waals surface area contributed by atoms with Crippen molar-refractivity contribution in [3.63, 3.8) is 0 Å². The normalized spacial score (nSPS) is 22.0. The summed E-state index contributed by atoms with van der Waals surface area (Å²) in [6.07, 6.45) is 26.9. The zero-order valence-corrected chi connectivity index (χ0v) is 39.1. The molecule has 1 aliphatic carbocycles. The molecule has 360 valence electrons. The molecule has 0 amide bonds. The number of unbranched alkanes of at least 4 members (excludes halogenated alkanes) is 27. The van der Waals surface area contributed by atoms with Crippen molar-refractivity contribution in [2.75, 3.05) is 13.2 Å². The van der Waals surface area contributed by atoms with E-state index in [0.29, 0.717) is 12.8 Å². The van der Waals surface area contributed by atoms with Gasteiger partial charge >= 0.3 is 19.8 Å². The standard InChI is InChI=1S/C47H89O13P/c1-3-5-7-9-11-13-15-17-19-20-22-24-26-28-30-32-34-36-41(49)59-39(38-58-61(55,56)60-47-45(53)43(51)42(50)44(52)46(47)54)37-57-40(48)35-33-31-29-27-25-23-21-18-16-14-12-10-8-6-4-2/h18,21,39,42-47,50-54H,3-17,19-20,22-38H2,1-2H3,(H,55,56)/b21-18-/t39-,42?,43-,44?,45?,46?,47?/m1/s1. The van der Waals surface area contributed by atoms with Gasteiger partial charge in [0.25, 0.3) is 0 Å². The number of aliphatic hydroxyl groups is 5. The average molecular weight is 893 g/mol. The van der Waals surface area contributed by atoms with Crippen molar-refractivity contribution >= 4 is 19.8 Å². The van der Waals surface area contributed by atoms with Crippen LogP contribution in [0.25, 0.3) is 0 Å². The molecule has 0 spiro atoms. The highest BCUT2D eigenvalue weighted by atomic mass is 31.2. The second kappa shape index (κ2) is 37.9. The number of phosphoric acid groups is 1. The van der Waals surface area contributed by atoms with Gasteiger partial charge in [-0.1, -0.05) is 180 Å². The third-order valence-electron chi connectivity index (χ3n) is 11.6. The van der Waals surface area contributed by atoms with E-state index in [2.05, 4.69) is 26.0 Å². The Hall–Kier alpha value is -1.41. The van der Waals surface area contributed by atoms with Gasteiger partial charge in [0, 0.05) is 12.8 Å². The monoisotopic (exact) mass is 893 g/mol. The van der Waals surface area contributed by atoms with E-state index >= 15 is 0 Å². The molecule has 0 heterocycles. The Bertz CT molecular complexity index is 1120. The van der Waals surface area contributed by atoms with E-state index in [1.54, 1.807) is 0 Å². The zero-order chi connectivity index (χ0) is 45.0. The van der Waals surface area contributed by atoms with Crippen molar-refractivity contribution in [1.82, 2.24) is 0 Å². The Morgan fingerprint density at radius 3 is 1.25 bits per heavy atom. The van der Waals surface area contributed by atoms with Crippen LogP contribution >= 0.6 is 7.82 Å². The number of phosphoric ester groups is 1. The van der Waals surface area contributed by atoms with Crippen LogP contribution in [0.5, 0.6) is 0 Å². The molecule has 0 aliphatic heterocycles. The lowest BCUT2D eigenvalue weighted by Crippen LogP contribution is -2.64. The molecule has 0 bridgehead atoms. The summed E-state index contributed by atoms with van der Waals surface area (Å²) in [5.41, 5.74) is 0. The first-order valence-electron chi connectivity index (χ1n) is 24.5. The Morgan fingerprint density at radius 1 is 0.492 bits per heavy atom. The fourth-order valence-corrected chi connectivity index (χ4v) is 8.61. The van der Waals surface area contributed by atoms with Crippen LogP contribution in [-0.4, -0.2) is 98.3 Å². The molecule has 6 unspecified atom stereocenters. The van der Waals surface area contributed by atoms with Crippen molar-refractivity contribution in [3.8, 4) is 0 Å². The summed E-state index contributed by atoms with van der Waals surface area (Å²) in [6, 6.07) is 0. The van der Waals surface area contributed by atoms with Crippen molar-refractivity contribution in [2.45, 2.75) is 262 Å². The number of esters is 2. The summed E-state index contributed by atoms with van der Waals surface area (Å²) in [6.45, 7) is 3.31. The Morgan fingerprint density at radius 2 is 0.836 bits per heavy atom. The van der Waals surface area contributed by atoms with Gasteiger partial charge in [0.15, 0.2) is 6.10 Å². The summed E-state index contributed by atoms with van der Waals surface area (Å²) in [4.78, 5) is 35.7. The lowest BCUT2D eigenvalue weighted by atomic mass is 9.85. The van der Waals surface area contributed by atoms with Gasteiger partial charge < -0.3 is 39.9 Å². The van der Waals surface area contributed by atoms with Crippen molar-refractivity contribution in [2.24, 2.45) is 0 Å². The first-order chi connectivity index (χ1) is 29.4. The van der Waals surface area contributed by atoms with Gasteiger partial charge in [0.05, 0.1) is 6.61 Å². The second-order valence-corrected chi connectivity index (χ2v) is 18.7. The van der Waals surface area contributed by atoms with Gasteiger partial charge in [0.2, 0.25) is 0 Å². The molecule has 1 fully saturated rings. The minimum absolute atomic E-state index is 0.101. The molecule has 1 aliphatic rings. The summed E-state index contributed by atoms with van der Waals surface area (Å²) >= 11 is 0. The number of hydrogen-bond donors (Lipinski definition) is 6. The maximum Gasteiger partial charge on any atom is 0.472 e. The van der Waals surface area contributed by atoms with Gasteiger partial charge in [0.1, 0.15) is 43.2 Å². The predicted molar refractivity (Wildman–Crippen MR) is 240 cm³/mol. The van der Waals surface area contributed by atoms with E-state index < -0.39 is 75.7 Å². The molecular weight excluding hydrogens is 803 g/mol. The molecule has 61 heavy (non-hydrogen) atoms. The van der Waals surface area contributed by atoms with E-state index in [0.717, 1.165) is 57.8 Å². The highest BCUT2D eigenvalue weighted by Crippen LogP contribution is 2.47. The number of allylic oxidation sites excluding steroid dienone is 2. The van der Waals surface area contributed by atoms with Crippen LogP contribution in [0.3, 0.4) is 0 Å². The quantitative estimate of drug-likeness (QED) is 0.0146. The van der Waals surface area contributed by atoms with Gasteiger partial charge in [-0.3, -0.25) is 18.6 Å². The second-order valence-electron chi connectivity index (χ2n) is 17.3. The third kappa shape index (κ3) is 30.4. The number of aliphatic hydroxyl groups excluding tert-OH is 5. The average Bonchev–Trinajstić information content (AvgIpc) is 3.24. The van der Waals surface area contributed by atoms with Gasteiger partial charge in [-0.2, -0.15) is 0 Å². The molecule has 6 N–H and O–H groups in total. The molecule has 8 atom stereocenters. The lowest BCUT2D eigenvalue weighted by molar-refractivity contribution is -0.220. The smallest absolute Gasteiger partial charge is 0.462 e. The third-order valence-corrected chi connectivity index (χ3v) is 12.6. The Balaban J connectivity index is 2.42. The highest BCUT2D eigenvalue weighted by Gasteiger charge is 2.51. The van der Waals surface area contributed by atoms with Crippen LogP contribution in [-0.2, 0) is 32.7 Å². The van der Waals surface area contributed by atoms with Crippen molar-refractivity contribution in [1.29, 1.82) is 0 Å². The van der Waals surface area contributed by atoms with E-state index in [1.165, 1.54) is 122 Å². The molecule has 0 aromatic heterocycles. The molecule has 0 aromatic rings. The molecule has 14 heteroatoms. The summed E-state index contributed by atoms with van der Waals surface area (Å²) < 4.78 is 33.6. The lowest BCUT2D eigenvalue weighted by Gasteiger charge is -2.41. The maximum atomic E-state index is 12.8. The number of rotatable bonds is 41. The molecule has 0 saturated heterocycles. The van der Waals surface area contributed by atoms with Crippen molar-refractivity contribution < 1.29 is 63.1 Å². The van der Waals surface area contributed by atoms with E-state index in [4.69, 9.17) is 18.5 Å². The van der Waals surface area contributed by atoms with E-state index in [9.17, 15) is 44.6 Å². The first kappa shape index (κ1) is 57.6. The molecule has 13 nitrogen and oxygen atoms in total. The van der Waals surface area contributed by atoms with Crippen LogP contribution in [0.15, 0.2) is 12.2 Å². The summed E-state index contributed by atoms with van der Waals surface area (Å²) in [5.74, 6) is -1.10. The first-order valence-corrected chi connectivity index (χ1v) is 26.0. The van der Waals surface area contributed by atoms with E-state index in [1.807, 2.05) is 0 Å². The Kier molecular flexibility index (Phi) is 35.8. The molecule has 0 aromatic carbocycles. The minimum Gasteiger partial charge on any atom is -0.462 e. The largest absolute Gasteiger partial charge is 0.472 e. The maximum absolute atomic E-state index is 12.8. The minimum atomic E-state index is -5.12. The van der Waals surface area contributed by atoms with Crippen LogP contribution in [0.1, 0.15) is 219 Å². The van der Waals surface area contributed by atoms with Crippen LogP contribution in [0.2, 0.25) is 0 Å². The summed E-state index contributed by atoms with van der Waals surface area (Å²) in [7, 11) is -5.12. The molecular formula is C47H89O13P. The fraction of sp³-hybridized carbons (Fsp3) is 0.915. The van der Waals surface area contributed by atoms with Crippen molar-refractivity contribution in [3.05, 3.63) is 12.2 Å². The van der Waals surface area contributed by atoms with E-state index in [-0.39, 0.29) is 12.8 Å². The predicted octanol–water partition coefficient (Wildman–Crippen LogP) is 9.84.